The van der Waals surface area contributed by atoms with Gasteiger partial charge in [0.2, 0.25) is 6.29 Å². The molecular formula is C4H8O4. The summed E-state index contributed by atoms with van der Waals surface area (Å²) in [5.41, 5.74) is 0. The fourth-order valence-electron chi connectivity index (χ4n) is 0.229. The van der Waals surface area contributed by atoms with Crippen LogP contribution in [-0.2, 0) is 9.53 Å². The molecule has 0 saturated carbocycles. The van der Waals surface area contributed by atoms with Crippen molar-refractivity contribution < 1.29 is 19.7 Å². The van der Waals surface area contributed by atoms with Gasteiger partial charge < -0.3 is 14.9 Å². The summed E-state index contributed by atoms with van der Waals surface area (Å²) < 4.78 is 4.07. The highest BCUT2D eigenvalue weighted by Gasteiger charge is 2.02. The van der Waals surface area contributed by atoms with Crippen LogP contribution < -0.4 is 0 Å². The van der Waals surface area contributed by atoms with Crippen molar-refractivity contribution in [1.82, 2.24) is 0 Å². The number of hydrogen-bond donors (Lipinski definition) is 2. The van der Waals surface area contributed by atoms with E-state index < -0.39 is 18.9 Å². The zero-order valence-corrected chi connectivity index (χ0v) is 4.50. The Hall–Kier alpha value is -0.610. The van der Waals surface area contributed by atoms with Crippen LogP contribution in [0.4, 0.5) is 0 Å². The van der Waals surface area contributed by atoms with Crippen molar-refractivity contribution in [3.05, 3.63) is 0 Å². The zero-order valence-electron chi connectivity index (χ0n) is 4.50. The number of hydrogen-bond acceptors (Lipinski definition) is 4. The summed E-state index contributed by atoms with van der Waals surface area (Å²) in [4.78, 5) is 9.92. The Kier molecular flexibility index (Phi) is 3.14. The van der Waals surface area contributed by atoms with Gasteiger partial charge in [0.15, 0.2) is 0 Å². The molecule has 0 bridgehead atoms. The molecule has 0 fully saturated rings. The predicted molar refractivity (Wildman–Crippen MR) is 24.9 cm³/mol. The first kappa shape index (κ1) is 7.39. The Morgan fingerprint density at radius 2 is 2.38 bits per heavy atom. The molecule has 0 aliphatic heterocycles. The third kappa shape index (κ3) is 3.58. The molecule has 4 nitrogen and oxygen atoms in total. The van der Waals surface area contributed by atoms with Crippen LogP contribution in [0.5, 0.6) is 0 Å². The van der Waals surface area contributed by atoms with Crippen molar-refractivity contribution in [3.8, 4) is 0 Å². The molecule has 0 aromatic carbocycles. The standard InChI is InChI=1S/C4H8O4/c1-3(6)8-4(7)2-5/h4-5,7H,2H2,1H3. The van der Waals surface area contributed by atoms with Gasteiger partial charge in [-0.15, -0.1) is 0 Å². The van der Waals surface area contributed by atoms with Crippen molar-refractivity contribution >= 4 is 5.97 Å². The maximum Gasteiger partial charge on any atom is 0.305 e. The fourth-order valence-corrected chi connectivity index (χ4v) is 0.229. The van der Waals surface area contributed by atoms with E-state index in [1.807, 2.05) is 0 Å². The van der Waals surface area contributed by atoms with Crippen LogP contribution in [-0.4, -0.2) is 29.1 Å². The smallest absolute Gasteiger partial charge is 0.305 e. The molecule has 1 unspecified atom stereocenters. The van der Waals surface area contributed by atoms with Crippen LogP contribution in [0.2, 0.25) is 0 Å². The van der Waals surface area contributed by atoms with E-state index in [1.54, 1.807) is 0 Å². The summed E-state index contributed by atoms with van der Waals surface area (Å²) in [6.45, 7) is 0.596. The molecule has 0 rings (SSSR count). The van der Waals surface area contributed by atoms with E-state index in [1.165, 1.54) is 0 Å². The fraction of sp³-hybridized carbons (Fsp3) is 0.750. The normalized spacial score (nSPS) is 12.9. The van der Waals surface area contributed by atoms with Crippen molar-refractivity contribution in [2.75, 3.05) is 6.61 Å². The van der Waals surface area contributed by atoms with E-state index >= 15 is 0 Å². The van der Waals surface area contributed by atoms with Crippen LogP contribution in [0.25, 0.3) is 0 Å². The molecule has 8 heavy (non-hydrogen) atoms. The van der Waals surface area contributed by atoms with Crippen LogP contribution >= 0.6 is 0 Å². The quantitative estimate of drug-likeness (QED) is 0.357. The van der Waals surface area contributed by atoms with Gasteiger partial charge in [-0.25, -0.2) is 0 Å². The van der Waals surface area contributed by atoms with E-state index in [0.717, 1.165) is 6.92 Å². The molecule has 0 aromatic heterocycles. The third-order valence-corrected chi connectivity index (χ3v) is 0.458. The highest BCUT2D eigenvalue weighted by atomic mass is 16.6. The van der Waals surface area contributed by atoms with Gasteiger partial charge in [-0.3, -0.25) is 4.79 Å². The molecule has 4 heteroatoms. The maximum atomic E-state index is 9.92. The minimum atomic E-state index is -1.37. The van der Waals surface area contributed by atoms with Crippen LogP contribution in [0.15, 0.2) is 0 Å². The van der Waals surface area contributed by atoms with Crippen molar-refractivity contribution in [2.24, 2.45) is 0 Å². The molecule has 0 spiro atoms. The van der Waals surface area contributed by atoms with Crippen LogP contribution in [0, 0.1) is 0 Å². The molecule has 0 aliphatic carbocycles. The van der Waals surface area contributed by atoms with Gasteiger partial charge in [-0.2, -0.15) is 0 Å². The molecule has 2 N–H and O–H groups in total. The topological polar surface area (TPSA) is 66.8 Å². The first-order valence-electron chi connectivity index (χ1n) is 2.13. The molecular weight excluding hydrogens is 112 g/mol. The lowest BCUT2D eigenvalue weighted by Gasteiger charge is -2.04. The summed E-state index contributed by atoms with van der Waals surface area (Å²) in [7, 11) is 0. The lowest BCUT2D eigenvalue weighted by atomic mass is 10.7. The first-order chi connectivity index (χ1) is 3.66. The zero-order chi connectivity index (χ0) is 6.57. The van der Waals surface area contributed by atoms with Gasteiger partial charge in [-0.1, -0.05) is 0 Å². The van der Waals surface area contributed by atoms with Gasteiger partial charge in [0, 0.05) is 6.92 Å². The van der Waals surface area contributed by atoms with Gasteiger partial charge in [0.25, 0.3) is 0 Å². The van der Waals surface area contributed by atoms with Crippen molar-refractivity contribution in [2.45, 2.75) is 13.2 Å². The molecule has 0 radical (unpaired) electrons. The third-order valence-electron chi connectivity index (χ3n) is 0.458. The monoisotopic (exact) mass is 120 g/mol. The highest BCUT2D eigenvalue weighted by Crippen LogP contribution is 1.83. The second-order valence-corrected chi connectivity index (χ2v) is 1.25. The van der Waals surface area contributed by atoms with Gasteiger partial charge in [-0.05, 0) is 0 Å². The van der Waals surface area contributed by atoms with Crippen LogP contribution in [0.3, 0.4) is 0 Å². The number of aliphatic hydroxyl groups is 2. The average Bonchev–Trinajstić information content (AvgIpc) is 1.65. The lowest BCUT2D eigenvalue weighted by Crippen LogP contribution is -2.18. The minimum absolute atomic E-state index is 0.556. The summed E-state index contributed by atoms with van der Waals surface area (Å²) >= 11 is 0. The Labute approximate surface area is 46.7 Å². The Balaban J connectivity index is 3.24. The number of esters is 1. The Bertz CT molecular complexity index is 80.1. The van der Waals surface area contributed by atoms with E-state index in [4.69, 9.17) is 10.2 Å². The highest BCUT2D eigenvalue weighted by molar-refractivity contribution is 5.65. The number of rotatable bonds is 2. The van der Waals surface area contributed by atoms with Crippen molar-refractivity contribution in [1.29, 1.82) is 0 Å². The Morgan fingerprint density at radius 1 is 1.88 bits per heavy atom. The summed E-state index contributed by atoms with van der Waals surface area (Å²) in [5.74, 6) is -0.605. The van der Waals surface area contributed by atoms with Crippen LogP contribution in [0.1, 0.15) is 6.92 Å². The second-order valence-electron chi connectivity index (χ2n) is 1.25. The molecule has 0 aromatic rings. The van der Waals surface area contributed by atoms with Crippen molar-refractivity contribution in [3.63, 3.8) is 0 Å². The molecule has 0 amide bonds. The van der Waals surface area contributed by atoms with Gasteiger partial charge in [0.1, 0.15) is 6.61 Å². The molecule has 48 valence electrons. The first-order valence-corrected chi connectivity index (χ1v) is 2.13. The molecule has 0 aliphatic rings. The second kappa shape index (κ2) is 3.40. The summed E-state index contributed by atoms with van der Waals surface area (Å²) in [6, 6.07) is 0. The SMILES string of the molecule is CC(=O)OC(O)CO. The minimum Gasteiger partial charge on any atom is -0.434 e. The van der Waals surface area contributed by atoms with E-state index in [0.29, 0.717) is 0 Å². The lowest BCUT2D eigenvalue weighted by molar-refractivity contribution is -0.170. The van der Waals surface area contributed by atoms with Gasteiger partial charge in [0.05, 0.1) is 0 Å². The Morgan fingerprint density at radius 3 is 2.50 bits per heavy atom. The molecule has 1 atom stereocenters. The molecule has 0 heterocycles. The maximum absolute atomic E-state index is 9.92. The number of carbonyl (C=O) groups is 1. The number of aliphatic hydroxyl groups excluding tert-OH is 2. The predicted octanol–water partition coefficient (Wildman–Crippen LogP) is -1.14. The number of carbonyl (C=O) groups excluding carboxylic acids is 1. The van der Waals surface area contributed by atoms with E-state index in [2.05, 4.69) is 4.74 Å². The number of ether oxygens (including phenoxy) is 1. The molecule has 0 saturated heterocycles. The average molecular weight is 120 g/mol. The van der Waals surface area contributed by atoms with E-state index in [9.17, 15) is 4.79 Å². The summed E-state index contributed by atoms with van der Waals surface area (Å²) in [5, 5.41) is 16.4. The largest absolute Gasteiger partial charge is 0.434 e. The van der Waals surface area contributed by atoms with Gasteiger partial charge >= 0.3 is 5.97 Å². The summed E-state index contributed by atoms with van der Waals surface area (Å²) in [6.07, 6.45) is -1.37. The van der Waals surface area contributed by atoms with E-state index in [-0.39, 0.29) is 0 Å².